The first-order valence-corrected chi connectivity index (χ1v) is 14.2. The van der Waals surface area contributed by atoms with Gasteiger partial charge in [0, 0.05) is 11.5 Å². The van der Waals surface area contributed by atoms with Gasteiger partial charge in [-0.25, -0.2) is 16.8 Å². The number of sulfone groups is 2. The van der Waals surface area contributed by atoms with Gasteiger partial charge in [0.05, 0.1) is 0 Å². The number of hydrogen-bond acceptors (Lipinski definition) is 4. The molecule has 4 nitrogen and oxygen atoms in total. The molecule has 0 aliphatic heterocycles. The molecule has 6 heteroatoms. The Labute approximate surface area is 163 Å². The van der Waals surface area contributed by atoms with Gasteiger partial charge in [-0.3, -0.25) is 0 Å². The summed E-state index contributed by atoms with van der Waals surface area (Å²) in [6, 6.07) is 0. The predicted molar refractivity (Wildman–Crippen MR) is 113 cm³/mol. The smallest absolute Gasteiger partial charge is 0.167 e. The molecule has 0 heterocycles. The molecule has 0 fully saturated rings. The molecule has 26 heavy (non-hydrogen) atoms. The van der Waals surface area contributed by atoms with Gasteiger partial charge in [0.15, 0.2) is 24.3 Å². The van der Waals surface area contributed by atoms with Crippen molar-refractivity contribution in [3.05, 3.63) is 0 Å². The Balaban J connectivity index is 3.81. The van der Waals surface area contributed by atoms with E-state index < -0.39 is 24.3 Å². The van der Waals surface area contributed by atoms with E-state index in [0.29, 0.717) is 6.42 Å². The van der Waals surface area contributed by atoms with Crippen LogP contribution in [0, 0.1) is 0 Å². The second-order valence-corrected chi connectivity index (χ2v) is 12.6. The summed E-state index contributed by atoms with van der Waals surface area (Å²) in [5.41, 5.74) is 0. The quantitative estimate of drug-likeness (QED) is 0.273. The van der Waals surface area contributed by atoms with Gasteiger partial charge in [-0.15, -0.1) is 0 Å². The van der Waals surface area contributed by atoms with Crippen LogP contribution in [0.15, 0.2) is 0 Å². The van der Waals surface area contributed by atoms with Crippen LogP contribution < -0.4 is 0 Å². The van der Waals surface area contributed by atoms with E-state index in [-0.39, 0.29) is 17.9 Å². The standard InChI is InChI=1S/C20H42O4S2/c1-4-7-8-9-10-11-12-13-14-15-16-17-18-19-20(25(21,22)5-2)26(23,24)6-3/h20H,4-19H2,1-3H3. The number of unbranched alkanes of at least 4 members (excludes halogenated alkanes) is 12. The van der Waals surface area contributed by atoms with E-state index in [4.69, 9.17) is 0 Å². The molecule has 0 N–H and O–H groups in total. The lowest BCUT2D eigenvalue weighted by atomic mass is 10.0. The molecule has 0 aromatic carbocycles. The van der Waals surface area contributed by atoms with E-state index in [1.807, 2.05) is 0 Å². The van der Waals surface area contributed by atoms with Crippen LogP contribution in [0.25, 0.3) is 0 Å². The Morgan fingerprint density at radius 1 is 0.500 bits per heavy atom. The first-order chi connectivity index (χ1) is 12.3. The fourth-order valence-electron chi connectivity index (χ4n) is 3.28. The summed E-state index contributed by atoms with van der Waals surface area (Å²) in [6.45, 7) is 5.29. The zero-order chi connectivity index (χ0) is 19.9. The summed E-state index contributed by atoms with van der Waals surface area (Å²) in [5, 5.41) is 0. The minimum absolute atomic E-state index is 0.102. The Kier molecular flexibility index (Phi) is 14.8. The maximum atomic E-state index is 12.1. The van der Waals surface area contributed by atoms with E-state index in [2.05, 4.69) is 6.92 Å². The molecular formula is C20H42O4S2. The summed E-state index contributed by atoms with van der Waals surface area (Å²) in [5.74, 6) is -0.204. The molecule has 0 saturated heterocycles. The van der Waals surface area contributed by atoms with Crippen molar-refractivity contribution < 1.29 is 16.8 Å². The zero-order valence-corrected chi connectivity index (χ0v) is 19.0. The molecule has 0 radical (unpaired) electrons. The van der Waals surface area contributed by atoms with E-state index in [1.54, 1.807) is 0 Å². The molecule has 0 aromatic rings. The molecule has 0 atom stereocenters. The largest absolute Gasteiger partial charge is 0.228 e. The maximum Gasteiger partial charge on any atom is 0.167 e. The van der Waals surface area contributed by atoms with E-state index in [1.165, 1.54) is 78.1 Å². The fraction of sp³-hybridized carbons (Fsp3) is 1.00. The van der Waals surface area contributed by atoms with Crippen molar-refractivity contribution in [2.75, 3.05) is 11.5 Å². The van der Waals surface area contributed by atoms with E-state index in [9.17, 15) is 16.8 Å². The van der Waals surface area contributed by atoms with Gasteiger partial charge in [-0.1, -0.05) is 104 Å². The van der Waals surface area contributed by atoms with Crippen LogP contribution in [0.5, 0.6) is 0 Å². The molecule has 0 unspecified atom stereocenters. The molecule has 0 spiro atoms. The highest BCUT2D eigenvalue weighted by atomic mass is 32.3. The first-order valence-electron chi connectivity index (χ1n) is 10.7. The lowest BCUT2D eigenvalue weighted by Gasteiger charge is -2.16. The Morgan fingerprint density at radius 2 is 0.808 bits per heavy atom. The lowest BCUT2D eigenvalue weighted by molar-refractivity contribution is 0.532. The van der Waals surface area contributed by atoms with Crippen LogP contribution in [-0.4, -0.2) is 32.9 Å². The highest BCUT2D eigenvalue weighted by Crippen LogP contribution is 2.20. The summed E-state index contributed by atoms with van der Waals surface area (Å²) in [7, 11) is -7.07. The molecule has 0 aliphatic rings. The van der Waals surface area contributed by atoms with Crippen LogP contribution in [0.4, 0.5) is 0 Å². The van der Waals surface area contributed by atoms with Crippen molar-refractivity contribution in [2.24, 2.45) is 0 Å². The van der Waals surface area contributed by atoms with Crippen molar-refractivity contribution in [3.63, 3.8) is 0 Å². The number of hydrogen-bond donors (Lipinski definition) is 0. The molecule has 0 aromatic heterocycles. The van der Waals surface area contributed by atoms with Crippen molar-refractivity contribution in [1.82, 2.24) is 0 Å². The van der Waals surface area contributed by atoms with Crippen LogP contribution in [0.2, 0.25) is 0 Å². The normalized spacial score (nSPS) is 12.8. The molecule has 158 valence electrons. The van der Waals surface area contributed by atoms with Crippen molar-refractivity contribution in [3.8, 4) is 0 Å². The average molecular weight is 411 g/mol. The lowest BCUT2D eigenvalue weighted by Crippen LogP contribution is -2.33. The van der Waals surface area contributed by atoms with Crippen LogP contribution in [0.3, 0.4) is 0 Å². The third kappa shape index (κ3) is 11.6. The summed E-state index contributed by atoms with van der Waals surface area (Å²) >= 11 is 0. The van der Waals surface area contributed by atoms with Gasteiger partial charge >= 0.3 is 0 Å². The minimum Gasteiger partial charge on any atom is -0.228 e. The highest BCUT2D eigenvalue weighted by molar-refractivity contribution is 8.09. The van der Waals surface area contributed by atoms with Crippen molar-refractivity contribution in [2.45, 2.75) is 115 Å². The van der Waals surface area contributed by atoms with Gasteiger partial charge in [-0.2, -0.15) is 0 Å². The SMILES string of the molecule is CCCCCCCCCCCCCCCC(S(=O)(=O)CC)S(=O)(=O)CC. The average Bonchev–Trinajstić information content (AvgIpc) is 2.61. The third-order valence-electron chi connectivity index (χ3n) is 5.15. The molecule has 0 bridgehead atoms. The topological polar surface area (TPSA) is 68.3 Å². The van der Waals surface area contributed by atoms with Gasteiger partial charge in [0.1, 0.15) is 0 Å². The van der Waals surface area contributed by atoms with Crippen molar-refractivity contribution >= 4 is 19.7 Å². The van der Waals surface area contributed by atoms with Gasteiger partial charge < -0.3 is 0 Å². The molecule has 0 aliphatic carbocycles. The maximum absolute atomic E-state index is 12.1. The Bertz CT molecular complexity index is 490. The monoisotopic (exact) mass is 410 g/mol. The summed E-state index contributed by atoms with van der Waals surface area (Å²) < 4.78 is 47.1. The number of rotatable bonds is 18. The Morgan fingerprint density at radius 3 is 1.12 bits per heavy atom. The zero-order valence-electron chi connectivity index (χ0n) is 17.3. The van der Waals surface area contributed by atoms with Crippen LogP contribution in [-0.2, 0) is 19.7 Å². The van der Waals surface area contributed by atoms with Crippen LogP contribution >= 0.6 is 0 Å². The van der Waals surface area contributed by atoms with Gasteiger partial charge in [-0.05, 0) is 6.42 Å². The predicted octanol–water partition coefficient (Wildman–Crippen LogP) is 5.66. The minimum atomic E-state index is -3.53. The highest BCUT2D eigenvalue weighted by Gasteiger charge is 2.34. The van der Waals surface area contributed by atoms with Crippen molar-refractivity contribution in [1.29, 1.82) is 0 Å². The summed E-state index contributed by atoms with van der Waals surface area (Å²) in [4.78, 5) is 0. The fourth-order valence-corrected chi connectivity index (χ4v) is 7.68. The molecule has 0 amide bonds. The molecule has 0 rings (SSSR count). The second-order valence-electron chi connectivity index (χ2n) is 7.36. The third-order valence-corrected chi connectivity index (χ3v) is 10.6. The van der Waals surface area contributed by atoms with E-state index in [0.717, 1.165) is 12.8 Å². The molecular weight excluding hydrogens is 368 g/mol. The van der Waals surface area contributed by atoms with Gasteiger partial charge in [0.25, 0.3) is 0 Å². The molecule has 0 saturated carbocycles. The summed E-state index contributed by atoms with van der Waals surface area (Å²) in [6.07, 6.45) is 16.0. The second kappa shape index (κ2) is 14.9. The van der Waals surface area contributed by atoms with Gasteiger partial charge in [0.2, 0.25) is 0 Å². The van der Waals surface area contributed by atoms with E-state index >= 15 is 0 Å². The van der Waals surface area contributed by atoms with Crippen LogP contribution in [0.1, 0.15) is 111 Å². The Hall–Kier alpha value is -0.100. The first kappa shape index (κ1) is 25.9.